The molecule has 0 unspecified atom stereocenters. The van der Waals surface area contributed by atoms with Gasteiger partial charge in [0, 0.05) is 34.5 Å². The first-order chi connectivity index (χ1) is 14.2. The van der Waals surface area contributed by atoms with Crippen molar-refractivity contribution in [1.82, 2.24) is 15.1 Å². The minimum Gasteiger partial charge on any atom is -0.428 e. The van der Waals surface area contributed by atoms with Crippen LogP contribution in [0.4, 0.5) is 5.82 Å². The molecule has 2 aromatic carbocycles. The Labute approximate surface area is 169 Å². The highest BCUT2D eigenvalue weighted by Gasteiger charge is 2.20. The number of hydrogen-bond acceptors (Lipinski definition) is 6. The monoisotopic (exact) mass is 386 g/mol. The van der Waals surface area contributed by atoms with Crippen molar-refractivity contribution in [3.8, 4) is 29.4 Å². The first-order valence-corrected chi connectivity index (χ1v) is 9.61. The molecule has 1 aliphatic heterocycles. The molecule has 146 valence electrons. The maximum Gasteiger partial charge on any atom is 0.298 e. The third kappa shape index (κ3) is 3.91. The average molecular weight is 386 g/mol. The molecule has 1 fully saturated rings. The zero-order chi connectivity index (χ0) is 20.2. The quantitative estimate of drug-likeness (QED) is 0.536. The Bertz CT molecular complexity index is 1090. The number of aromatic nitrogens is 2. The van der Waals surface area contributed by atoms with Gasteiger partial charge in [-0.05, 0) is 44.6 Å². The molecule has 0 spiro atoms. The zero-order valence-electron chi connectivity index (χ0n) is 16.3. The number of terminal acetylenes is 1. The first kappa shape index (κ1) is 18.9. The van der Waals surface area contributed by atoms with Crippen molar-refractivity contribution < 1.29 is 9.53 Å². The summed E-state index contributed by atoms with van der Waals surface area (Å²) in [5.41, 5.74) is 1.94. The summed E-state index contributed by atoms with van der Waals surface area (Å²) in [6.07, 6.45) is 7.74. The molecule has 0 radical (unpaired) electrons. The van der Waals surface area contributed by atoms with Crippen molar-refractivity contribution in [3.05, 3.63) is 48.0 Å². The Morgan fingerprint density at radius 2 is 2.07 bits per heavy atom. The second kappa shape index (κ2) is 8.29. The van der Waals surface area contributed by atoms with Gasteiger partial charge in [-0.1, -0.05) is 30.2 Å². The van der Waals surface area contributed by atoms with Crippen molar-refractivity contribution in [2.75, 3.05) is 25.5 Å². The van der Waals surface area contributed by atoms with E-state index < -0.39 is 0 Å². The molecule has 4 rings (SSSR count). The number of nitrogens with one attached hydrogen (secondary N) is 1. The van der Waals surface area contributed by atoms with Crippen molar-refractivity contribution in [2.45, 2.75) is 18.9 Å². The molecule has 0 aliphatic carbocycles. The van der Waals surface area contributed by atoms with E-state index in [0.717, 1.165) is 42.5 Å². The maximum atomic E-state index is 11.0. The van der Waals surface area contributed by atoms with Gasteiger partial charge < -0.3 is 15.0 Å². The number of rotatable bonds is 5. The molecule has 3 aromatic rings. The van der Waals surface area contributed by atoms with Crippen LogP contribution in [0.1, 0.15) is 18.4 Å². The Balaban J connectivity index is 1.78. The Morgan fingerprint density at radius 1 is 1.24 bits per heavy atom. The summed E-state index contributed by atoms with van der Waals surface area (Å²) in [7, 11) is 2.13. The van der Waals surface area contributed by atoms with Crippen molar-refractivity contribution in [1.29, 1.82) is 0 Å². The van der Waals surface area contributed by atoms with Gasteiger partial charge >= 0.3 is 0 Å². The van der Waals surface area contributed by atoms with Crippen molar-refractivity contribution >= 4 is 23.1 Å². The number of likely N-dealkylation sites (tertiary alicyclic amines) is 1. The summed E-state index contributed by atoms with van der Waals surface area (Å²) in [5.74, 6) is 3.69. The van der Waals surface area contributed by atoms with E-state index in [1.165, 1.54) is 0 Å². The molecule has 6 heteroatoms. The van der Waals surface area contributed by atoms with Gasteiger partial charge in [-0.3, -0.25) is 4.79 Å². The Morgan fingerprint density at radius 3 is 2.83 bits per heavy atom. The number of carbonyl (C=O) groups excluding carboxylic acids is 1. The lowest BCUT2D eigenvalue weighted by Crippen LogP contribution is -2.40. The van der Waals surface area contributed by atoms with Crippen molar-refractivity contribution in [3.63, 3.8) is 0 Å². The minimum atomic E-state index is 0.334. The summed E-state index contributed by atoms with van der Waals surface area (Å²) in [5, 5.41) is 14.4. The van der Waals surface area contributed by atoms with E-state index in [1.54, 1.807) is 12.1 Å². The van der Waals surface area contributed by atoms with E-state index in [2.05, 4.69) is 33.4 Å². The fourth-order valence-corrected chi connectivity index (χ4v) is 3.84. The van der Waals surface area contributed by atoms with Gasteiger partial charge in [0.25, 0.3) is 6.47 Å². The lowest BCUT2D eigenvalue weighted by molar-refractivity contribution is -0.120. The molecule has 6 nitrogen and oxygen atoms in total. The summed E-state index contributed by atoms with van der Waals surface area (Å²) in [6, 6.07) is 13.6. The number of piperidine rings is 1. The second-order valence-electron chi connectivity index (χ2n) is 7.26. The fourth-order valence-electron chi connectivity index (χ4n) is 3.84. The molecule has 1 N–H and O–H groups in total. The summed E-state index contributed by atoms with van der Waals surface area (Å²) in [4.78, 5) is 13.3. The molecule has 1 aromatic heterocycles. The average Bonchev–Trinajstić information content (AvgIpc) is 2.74. The fraction of sp³-hybridized carbons (Fsp3) is 0.261. The summed E-state index contributed by atoms with van der Waals surface area (Å²) in [6.45, 7) is 2.49. The van der Waals surface area contributed by atoms with Crippen LogP contribution in [0.15, 0.2) is 42.5 Å². The standard InChI is InChI=1S/C23H22N4O2/c1-3-16-10-11-20(21(13-16)29-15-28)22-18-8-4-5-9-19(18)23(26-25-22)24-17-7-6-12-27(2)14-17/h1,4-5,8-11,13,15,17H,6-7,12,14H2,2H3,(H,24,26)/t17-/m1/s1. The Hall–Kier alpha value is -3.43. The van der Waals surface area contributed by atoms with Crippen LogP contribution in [0.2, 0.25) is 0 Å². The summed E-state index contributed by atoms with van der Waals surface area (Å²) < 4.78 is 5.18. The first-order valence-electron chi connectivity index (χ1n) is 9.61. The molecule has 0 bridgehead atoms. The second-order valence-corrected chi connectivity index (χ2v) is 7.26. The van der Waals surface area contributed by atoms with Crippen molar-refractivity contribution in [2.24, 2.45) is 0 Å². The van der Waals surface area contributed by atoms with Crippen LogP contribution < -0.4 is 10.1 Å². The third-order valence-corrected chi connectivity index (χ3v) is 5.23. The lowest BCUT2D eigenvalue weighted by Gasteiger charge is -2.30. The van der Waals surface area contributed by atoms with E-state index >= 15 is 0 Å². The normalized spacial score (nSPS) is 16.9. The van der Waals surface area contributed by atoms with Gasteiger partial charge in [0.1, 0.15) is 11.4 Å². The molecule has 0 saturated carbocycles. The number of ether oxygens (including phenoxy) is 1. The number of benzene rings is 2. The number of hydrogen-bond donors (Lipinski definition) is 1. The predicted molar refractivity (Wildman–Crippen MR) is 114 cm³/mol. The Kier molecular flexibility index (Phi) is 5.41. The summed E-state index contributed by atoms with van der Waals surface area (Å²) >= 11 is 0. The largest absolute Gasteiger partial charge is 0.428 e. The third-order valence-electron chi connectivity index (χ3n) is 5.23. The number of nitrogens with zero attached hydrogens (tertiary/aromatic N) is 3. The predicted octanol–water partition coefficient (Wildman–Crippen LogP) is 3.32. The lowest BCUT2D eigenvalue weighted by atomic mass is 10.0. The molecular weight excluding hydrogens is 364 g/mol. The molecule has 1 saturated heterocycles. The number of likely N-dealkylation sites (N-methyl/N-ethyl adjacent to an activating group) is 1. The van der Waals surface area contributed by atoms with E-state index in [9.17, 15) is 4.79 Å². The van der Waals surface area contributed by atoms with E-state index in [1.807, 2.05) is 30.3 Å². The van der Waals surface area contributed by atoms with E-state index in [-0.39, 0.29) is 0 Å². The number of carbonyl (C=O) groups is 1. The van der Waals surface area contributed by atoms with Crippen LogP contribution in [-0.2, 0) is 4.79 Å². The van der Waals surface area contributed by atoms with E-state index in [0.29, 0.717) is 35.1 Å². The van der Waals surface area contributed by atoms with Gasteiger partial charge in [-0.15, -0.1) is 16.6 Å². The van der Waals surface area contributed by atoms with Crippen LogP contribution in [0.25, 0.3) is 22.0 Å². The van der Waals surface area contributed by atoms with Crippen LogP contribution in [-0.4, -0.2) is 47.7 Å². The SMILES string of the molecule is C#Cc1ccc(-c2nnc(N[C@@H]3CCCN(C)C3)c3ccccc23)c(OC=O)c1. The molecule has 1 atom stereocenters. The van der Waals surface area contributed by atoms with Gasteiger partial charge in [0.2, 0.25) is 0 Å². The maximum absolute atomic E-state index is 11.0. The zero-order valence-corrected chi connectivity index (χ0v) is 16.3. The van der Waals surface area contributed by atoms with Gasteiger partial charge in [0.15, 0.2) is 5.82 Å². The highest BCUT2D eigenvalue weighted by molar-refractivity contribution is 6.01. The minimum absolute atomic E-state index is 0.334. The van der Waals surface area contributed by atoms with E-state index in [4.69, 9.17) is 11.2 Å². The van der Waals surface area contributed by atoms with Crippen LogP contribution >= 0.6 is 0 Å². The number of anilines is 1. The molecule has 0 amide bonds. The van der Waals surface area contributed by atoms with Crippen LogP contribution in [0, 0.1) is 12.3 Å². The smallest absolute Gasteiger partial charge is 0.298 e. The highest BCUT2D eigenvalue weighted by Crippen LogP contribution is 2.35. The highest BCUT2D eigenvalue weighted by atomic mass is 16.5. The van der Waals surface area contributed by atoms with Gasteiger partial charge in [-0.25, -0.2) is 0 Å². The van der Waals surface area contributed by atoms with Gasteiger partial charge in [0.05, 0.1) is 0 Å². The van der Waals surface area contributed by atoms with Crippen LogP contribution in [0.3, 0.4) is 0 Å². The molecular formula is C23H22N4O2. The molecule has 2 heterocycles. The molecule has 1 aliphatic rings. The molecule has 29 heavy (non-hydrogen) atoms. The number of fused-ring (bicyclic) bond motifs is 1. The van der Waals surface area contributed by atoms with Crippen LogP contribution in [0.5, 0.6) is 5.75 Å². The van der Waals surface area contributed by atoms with Gasteiger partial charge in [-0.2, -0.15) is 0 Å². The topological polar surface area (TPSA) is 67.3 Å².